The van der Waals surface area contributed by atoms with E-state index in [1.54, 1.807) is 24.3 Å². The second-order valence-corrected chi connectivity index (χ2v) is 9.06. The Labute approximate surface area is 193 Å². The molecule has 33 heavy (non-hydrogen) atoms. The maximum atomic E-state index is 12.9. The van der Waals surface area contributed by atoms with Gasteiger partial charge in [0.25, 0.3) is 5.91 Å². The summed E-state index contributed by atoms with van der Waals surface area (Å²) in [5.41, 5.74) is 4.67. The lowest BCUT2D eigenvalue weighted by Gasteiger charge is -2.17. The second-order valence-electron chi connectivity index (χ2n) is 7.34. The number of nitrogens with one attached hydrogen (secondary N) is 2. The molecule has 0 spiro atoms. The number of benzene rings is 3. The van der Waals surface area contributed by atoms with Crippen LogP contribution in [0.2, 0.25) is 0 Å². The van der Waals surface area contributed by atoms with Gasteiger partial charge in [-0.1, -0.05) is 48.0 Å². The average molecular weight is 468 g/mol. The van der Waals surface area contributed by atoms with Crippen LogP contribution in [0.15, 0.2) is 82.8 Å². The number of sulfonamides is 1. The van der Waals surface area contributed by atoms with Crippen LogP contribution in [0.4, 0.5) is 0 Å². The van der Waals surface area contributed by atoms with Crippen molar-refractivity contribution in [3.63, 3.8) is 0 Å². The van der Waals surface area contributed by atoms with Gasteiger partial charge < -0.3 is 9.84 Å². The molecule has 3 aromatic rings. The van der Waals surface area contributed by atoms with E-state index < -0.39 is 22.0 Å². The summed E-state index contributed by atoms with van der Waals surface area (Å²) in [4.78, 5) is 12.9. The average Bonchev–Trinajstić information content (AvgIpc) is 2.80. The fraction of sp³-hybridized carbons (Fsp3) is 0.167. The molecule has 9 heteroatoms. The summed E-state index contributed by atoms with van der Waals surface area (Å²) >= 11 is 0. The molecule has 1 atom stereocenters. The summed E-state index contributed by atoms with van der Waals surface area (Å²) in [6.07, 6.45) is 1.51. The predicted molar refractivity (Wildman–Crippen MR) is 126 cm³/mol. The fourth-order valence-corrected chi connectivity index (χ4v) is 4.23. The standard InChI is InChI=1S/C24H25N3O5S/c1-17-8-11-20(12-9-17)33(30,31)27-21(14-18-6-4-3-5-7-18)24(29)26-25-16-19-10-13-22(28)23(15-19)32-2/h3-13,15-16,21,27-28H,14H2,1-2H3,(H,26,29)/b25-16+/t21-/m0/s1. The highest BCUT2D eigenvalue weighted by Gasteiger charge is 2.26. The minimum absolute atomic E-state index is 0.0212. The number of phenols is 1. The van der Waals surface area contributed by atoms with Gasteiger partial charge in [-0.25, -0.2) is 13.8 Å². The van der Waals surface area contributed by atoms with Crippen molar-refractivity contribution in [1.82, 2.24) is 10.1 Å². The Morgan fingerprint density at radius 1 is 1.09 bits per heavy atom. The predicted octanol–water partition coefficient (Wildman–Crippen LogP) is 2.75. The molecule has 0 saturated carbocycles. The Kier molecular flexibility index (Phi) is 7.81. The molecule has 0 saturated heterocycles. The van der Waals surface area contributed by atoms with Crippen LogP contribution < -0.4 is 14.9 Å². The Morgan fingerprint density at radius 3 is 2.45 bits per heavy atom. The molecular weight excluding hydrogens is 442 g/mol. The maximum Gasteiger partial charge on any atom is 0.258 e. The normalized spacial score (nSPS) is 12.4. The van der Waals surface area contributed by atoms with Crippen LogP contribution in [0.3, 0.4) is 0 Å². The number of rotatable bonds is 9. The third kappa shape index (κ3) is 6.64. The summed E-state index contributed by atoms with van der Waals surface area (Å²) in [7, 11) is -2.52. The molecule has 0 aliphatic carbocycles. The van der Waals surface area contributed by atoms with E-state index in [2.05, 4.69) is 15.2 Å². The lowest BCUT2D eigenvalue weighted by atomic mass is 10.1. The molecule has 0 aromatic heterocycles. The van der Waals surface area contributed by atoms with Gasteiger partial charge in [0.15, 0.2) is 11.5 Å². The van der Waals surface area contributed by atoms with Crippen LogP contribution in [0.5, 0.6) is 11.5 Å². The van der Waals surface area contributed by atoms with E-state index in [0.717, 1.165) is 11.1 Å². The molecule has 0 aliphatic rings. The van der Waals surface area contributed by atoms with Gasteiger partial charge in [-0.2, -0.15) is 9.82 Å². The number of hydrogen-bond acceptors (Lipinski definition) is 6. The van der Waals surface area contributed by atoms with Crippen LogP contribution in [-0.2, 0) is 21.2 Å². The zero-order valence-corrected chi connectivity index (χ0v) is 19.0. The van der Waals surface area contributed by atoms with E-state index in [9.17, 15) is 18.3 Å². The Bertz CT molecular complexity index is 1230. The minimum atomic E-state index is -3.94. The molecule has 0 bridgehead atoms. The number of hydrogen-bond donors (Lipinski definition) is 3. The Hall–Kier alpha value is -3.69. The molecule has 0 heterocycles. The van der Waals surface area contributed by atoms with Gasteiger partial charge in [-0.05, 0) is 54.8 Å². The zero-order chi connectivity index (χ0) is 23.8. The van der Waals surface area contributed by atoms with Gasteiger partial charge in [0.1, 0.15) is 6.04 Å². The van der Waals surface area contributed by atoms with Crippen molar-refractivity contribution in [1.29, 1.82) is 0 Å². The maximum absolute atomic E-state index is 12.9. The topological polar surface area (TPSA) is 117 Å². The zero-order valence-electron chi connectivity index (χ0n) is 18.2. The monoisotopic (exact) mass is 467 g/mol. The van der Waals surface area contributed by atoms with E-state index in [0.29, 0.717) is 5.56 Å². The van der Waals surface area contributed by atoms with Crippen LogP contribution in [0.1, 0.15) is 16.7 Å². The van der Waals surface area contributed by atoms with E-state index in [1.165, 1.54) is 31.5 Å². The number of nitrogens with zero attached hydrogens (tertiary/aromatic N) is 1. The SMILES string of the molecule is COc1cc(/C=N/NC(=O)[C@H](Cc2ccccc2)NS(=O)(=O)c2ccc(C)cc2)ccc1O. The number of aromatic hydroxyl groups is 1. The van der Waals surface area contributed by atoms with Crippen LogP contribution in [-0.4, -0.2) is 38.8 Å². The highest BCUT2D eigenvalue weighted by Crippen LogP contribution is 2.25. The molecule has 3 aromatic carbocycles. The van der Waals surface area contributed by atoms with Gasteiger partial charge >= 0.3 is 0 Å². The molecule has 3 N–H and O–H groups in total. The number of aryl methyl sites for hydroxylation is 1. The van der Waals surface area contributed by atoms with Crippen molar-refractivity contribution in [2.45, 2.75) is 24.3 Å². The van der Waals surface area contributed by atoms with E-state index in [1.807, 2.05) is 37.3 Å². The van der Waals surface area contributed by atoms with Crippen LogP contribution in [0, 0.1) is 6.92 Å². The van der Waals surface area contributed by atoms with Crippen LogP contribution >= 0.6 is 0 Å². The first kappa shape index (κ1) is 24.0. The van der Waals surface area contributed by atoms with Crippen molar-refractivity contribution in [3.05, 3.63) is 89.5 Å². The number of amides is 1. The lowest BCUT2D eigenvalue weighted by molar-refractivity contribution is -0.122. The number of methoxy groups -OCH3 is 1. The highest BCUT2D eigenvalue weighted by molar-refractivity contribution is 7.89. The quantitative estimate of drug-likeness (QED) is 0.330. The number of hydrazone groups is 1. The third-order valence-electron chi connectivity index (χ3n) is 4.82. The van der Waals surface area contributed by atoms with Gasteiger partial charge in [-0.3, -0.25) is 4.79 Å². The molecule has 0 fully saturated rings. The smallest absolute Gasteiger partial charge is 0.258 e. The number of carbonyl (C=O) groups is 1. The third-order valence-corrected chi connectivity index (χ3v) is 6.31. The largest absolute Gasteiger partial charge is 0.504 e. The molecule has 172 valence electrons. The first-order valence-electron chi connectivity index (χ1n) is 10.1. The summed E-state index contributed by atoms with van der Waals surface area (Å²) < 4.78 is 33.3. The summed E-state index contributed by atoms with van der Waals surface area (Å²) in [5.74, 6) is -0.373. The van der Waals surface area contributed by atoms with E-state index in [-0.39, 0.29) is 22.8 Å². The number of ether oxygens (including phenoxy) is 1. The van der Waals surface area contributed by atoms with Crippen LogP contribution in [0.25, 0.3) is 0 Å². The van der Waals surface area contributed by atoms with Crippen molar-refractivity contribution in [2.75, 3.05) is 7.11 Å². The minimum Gasteiger partial charge on any atom is -0.504 e. The molecule has 1 amide bonds. The van der Waals surface area contributed by atoms with Crippen molar-refractivity contribution < 1.29 is 23.1 Å². The summed E-state index contributed by atoms with van der Waals surface area (Å²) in [6, 6.07) is 18.9. The summed E-state index contributed by atoms with van der Waals surface area (Å²) in [6.45, 7) is 1.86. The Balaban J connectivity index is 1.78. The van der Waals surface area contributed by atoms with Gasteiger partial charge in [0, 0.05) is 0 Å². The Morgan fingerprint density at radius 2 is 1.79 bits per heavy atom. The summed E-state index contributed by atoms with van der Waals surface area (Å²) in [5, 5.41) is 13.6. The molecular formula is C24H25N3O5S. The molecule has 0 radical (unpaired) electrons. The fourth-order valence-electron chi connectivity index (χ4n) is 3.03. The number of phenolic OH excluding ortho intramolecular Hbond substituents is 1. The first-order valence-corrected chi connectivity index (χ1v) is 11.6. The van der Waals surface area contributed by atoms with Crippen molar-refractivity contribution in [2.24, 2.45) is 5.10 Å². The van der Waals surface area contributed by atoms with Gasteiger partial charge in [0.2, 0.25) is 10.0 Å². The van der Waals surface area contributed by atoms with Crippen molar-refractivity contribution in [3.8, 4) is 11.5 Å². The first-order chi connectivity index (χ1) is 15.8. The van der Waals surface area contributed by atoms with E-state index >= 15 is 0 Å². The number of carbonyl (C=O) groups excluding carboxylic acids is 1. The molecule has 0 aliphatic heterocycles. The van der Waals surface area contributed by atoms with Crippen molar-refractivity contribution >= 4 is 22.1 Å². The molecule has 8 nitrogen and oxygen atoms in total. The second kappa shape index (κ2) is 10.8. The molecule has 3 rings (SSSR count). The van der Waals surface area contributed by atoms with Gasteiger partial charge in [-0.15, -0.1) is 0 Å². The highest BCUT2D eigenvalue weighted by atomic mass is 32.2. The molecule has 0 unspecified atom stereocenters. The lowest BCUT2D eigenvalue weighted by Crippen LogP contribution is -2.46. The van der Waals surface area contributed by atoms with E-state index in [4.69, 9.17) is 4.74 Å². The van der Waals surface area contributed by atoms with Gasteiger partial charge in [0.05, 0.1) is 18.2 Å².